The van der Waals surface area contributed by atoms with Crippen molar-refractivity contribution in [2.75, 3.05) is 33.3 Å². The second-order valence-corrected chi connectivity index (χ2v) is 7.14. The van der Waals surface area contributed by atoms with Gasteiger partial charge in [0.2, 0.25) is 5.91 Å². The van der Waals surface area contributed by atoms with E-state index in [-0.39, 0.29) is 11.8 Å². The highest BCUT2D eigenvalue weighted by Crippen LogP contribution is 2.41. The summed E-state index contributed by atoms with van der Waals surface area (Å²) in [6.07, 6.45) is 2.25. The lowest BCUT2D eigenvalue weighted by Crippen LogP contribution is -2.50. The summed E-state index contributed by atoms with van der Waals surface area (Å²) in [4.78, 5) is 28.0. The number of piperazine rings is 1. The molecule has 1 aliphatic heterocycles. The van der Waals surface area contributed by atoms with Gasteiger partial charge >= 0.3 is 0 Å². The first-order chi connectivity index (χ1) is 13.1. The van der Waals surface area contributed by atoms with Crippen molar-refractivity contribution < 1.29 is 14.3 Å². The van der Waals surface area contributed by atoms with Crippen molar-refractivity contribution in [3.63, 3.8) is 0 Å². The van der Waals surface area contributed by atoms with Crippen molar-refractivity contribution >= 4 is 11.8 Å². The molecule has 2 amide bonds. The van der Waals surface area contributed by atoms with Gasteiger partial charge < -0.3 is 14.5 Å². The van der Waals surface area contributed by atoms with Crippen LogP contribution < -0.4 is 4.74 Å². The minimum absolute atomic E-state index is 0.0559. The molecule has 7 heteroatoms. The SMILES string of the molecule is COc1cccc(-n2nc(C(=O)N3CCN(C(C)=O)CC3)cc2C2CC2)c1. The topological polar surface area (TPSA) is 67.7 Å². The van der Waals surface area contributed by atoms with Crippen LogP contribution in [0.25, 0.3) is 5.69 Å². The highest BCUT2D eigenvalue weighted by molar-refractivity contribution is 5.92. The molecular formula is C20H24N4O3. The van der Waals surface area contributed by atoms with E-state index < -0.39 is 0 Å². The minimum Gasteiger partial charge on any atom is -0.497 e. The standard InChI is InChI=1S/C20H24N4O3/c1-14(25)22-8-10-23(11-9-22)20(26)18-13-19(15-6-7-15)24(21-18)16-4-3-5-17(12-16)27-2/h3-5,12-13,15H,6-11H2,1-2H3. The Bertz CT molecular complexity index is 864. The maximum Gasteiger partial charge on any atom is 0.274 e. The molecule has 0 spiro atoms. The van der Waals surface area contributed by atoms with Crippen LogP contribution >= 0.6 is 0 Å². The third-order valence-corrected chi connectivity index (χ3v) is 5.26. The molecule has 1 aromatic heterocycles. The summed E-state index contributed by atoms with van der Waals surface area (Å²) >= 11 is 0. The van der Waals surface area contributed by atoms with E-state index in [9.17, 15) is 9.59 Å². The Morgan fingerprint density at radius 1 is 1.07 bits per heavy atom. The predicted molar refractivity (Wildman–Crippen MR) is 100 cm³/mol. The fourth-order valence-corrected chi connectivity index (χ4v) is 3.51. The number of carbonyl (C=O) groups is 2. The summed E-state index contributed by atoms with van der Waals surface area (Å²) in [5, 5.41) is 4.64. The van der Waals surface area contributed by atoms with Crippen molar-refractivity contribution in [2.45, 2.75) is 25.7 Å². The molecule has 1 saturated carbocycles. The number of rotatable bonds is 4. The van der Waals surface area contributed by atoms with Gasteiger partial charge in [-0.15, -0.1) is 0 Å². The number of aromatic nitrogens is 2. The van der Waals surface area contributed by atoms with Crippen LogP contribution in [-0.2, 0) is 4.79 Å². The molecule has 2 fully saturated rings. The molecule has 27 heavy (non-hydrogen) atoms. The third kappa shape index (κ3) is 3.54. The molecule has 1 saturated heterocycles. The zero-order valence-electron chi connectivity index (χ0n) is 15.7. The number of amides is 2. The summed E-state index contributed by atoms with van der Waals surface area (Å²) in [5.41, 5.74) is 2.45. The van der Waals surface area contributed by atoms with Gasteiger partial charge in [0.15, 0.2) is 5.69 Å². The zero-order valence-corrected chi connectivity index (χ0v) is 15.7. The molecule has 0 unspecified atom stereocenters. The average Bonchev–Trinajstić information content (AvgIpc) is 3.45. The van der Waals surface area contributed by atoms with Crippen molar-refractivity contribution in [3.05, 3.63) is 41.7 Å². The maximum atomic E-state index is 13.0. The maximum absolute atomic E-state index is 13.0. The number of hydrogen-bond acceptors (Lipinski definition) is 4. The van der Waals surface area contributed by atoms with Crippen molar-refractivity contribution in [2.24, 2.45) is 0 Å². The van der Waals surface area contributed by atoms with E-state index in [4.69, 9.17) is 4.74 Å². The Morgan fingerprint density at radius 2 is 1.78 bits per heavy atom. The lowest BCUT2D eigenvalue weighted by Gasteiger charge is -2.33. The number of carbonyl (C=O) groups excluding carboxylic acids is 2. The second-order valence-electron chi connectivity index (χ2n) is 7.14. The average molecular weight is 368 g/mol. The van der Waals surface area contributed by atoms with Gasteiger partial charge in [-0.05, 0) is 31.0 Å². The Balaban J connectivity index is 1.59. The van der Waals surface area contributed by atoms with E-state index in [1.807, 2.05) is 35.0 Å². The predicted octanol–water partition coefficient (Wildman–Crippen LogP) is 2.06. The summed E-state index contributed by atoms with van der Waals surface area (Å²) < 4.78 is 7.20. The number of hydrogen-bond donors (Lipinski definition) is 0. The van der Waals surface area contributed by atoms with E-state index in [0.29, 0.717) is 37.8 Å². The number of nitrogens with zero attached hydrogens (tertiary/aromatic N) is 4. The van der Waals surface area contributed by atoms with Gasteiger partial charge in [0, 0.05) is 50.8 Å². The van der Waals surface area contributed by atoms with Crippen LogP contribution in [0.2, 0.25) is 0 Å². The van der Waals surface area contributed by atoms with Crippen LogP contribution in [0.15, 0.2) is 30.3 Å². The van der Waals surface area contributed by atoms with Crippen LogP contribution in [0, 0.1) is 0 Å². The number of ether oxygens (including phenoxy) is 1. The summed E-state index contributed by atoms with van der Waals surface area (Å²) in [5.74, 6) is 1.21. The molecule has 1 aromatic carbocycles. The molecular weight excluding hydrogens is 344 g/mol. The number of methoxy groups -OCH3 is 1. The first-order valence-electron chi connectivity index (χ1n) is 9.36. The van der Waals surface area contributed by atoms with Crippen LogP contribution in [0.1, 0.15) is 41.9 Å². The molecule has 7 nitrogen and oxygen atoms in total. The molecule has 4 rings (SSSR count). The Labute approximate surface area is 158 Å². The molecule has 2 heterocycles. The molecule has 1 aliphatic carbocycles. The van der Waals surface area contributed by atoms with Crippen LogP contribution in [0.3, 0.4) is 0 Å². The minimum atomic E-state index is -0.0678. The van der Waals surface area contributed by atoms with Crippen molar-refractivity contribution in [1.29, 1.82) is 0 Å². The molecule has 0 N–H and O–H groups in total. The quantitative estimate of drug-likeness (QED) is 0.829. The van der Waals surface area contributed by atoms with Gasteiger partial charge in [0.05, 0.1) is 12.8 Å². The summed E-state index contributed by atoms with van der Waals surface area (Å²) in [6, 6.07) is 9.65. The van der Waals surface area contributed by atoms with Gasteiger partial charge in [-0.25, -0.2) is 4.68 Å². The molecule has 142 valence electrons. The van der Waals surface area contributed by atoms with E-state index in [1.165, 1.54) is 0 Å². The Morgan fingerprint density at radius 3 is 2.41 bits per heavy atom. The van der Waals surface area contributed by atoms with Gasteiger partial charge in [0.1, 0.15) is 5.75 Å². The fraction of sp³-hybridized carbons (Fsp3) is 0.450. The van der Waals surface area contributed by atoms with Gasteiger partial charge in [-0.2, -0.15) is 5.10 Å². The van der Waals surface area contributed by atoms with Gasteiger partial charge in [-0.1, -0.05) is 6.07 Å². The smallest absolute Gasteiger partial charge is 0.274 e. The van der Waals surface area contributed by atoms with Crippen molar-refractivity contribution in [3.8, 4) is 11.4 Å². The van der Waals surface area contributed by atoms with Gasteiger partial charge in [0.25, 0.3) is 5.91 Å². The molecule has 2 aromatic rings. The molecule has 0 bridgehead atoms. The third-order valence-electron chi connectivity index (χ3n) is 5.26. The highest BCUT2D eigenvalue weighted by Gasteiger charge is 2.31. The van der Waals surface area contributed by atoms with E-state index >= 15 is 0 Å². The second kappa shape index (κ2) is 7.06. The van der Waals surface area contributed by atoms with E-state index in [0.717, 1.165) is 30.0 Å². The largest absolute Gasteiger partial charge is 0.497 e. The number of benzene rings is 1. The van der Waals surface area contributed by atoms with Crippen molar-refractivity contribution in [1.82, 2.24) is 19.6 Å². The fourth-order valence-electron chi connectivity index (χ4n) is 3.51. The normalized spacial score (nSPS) is 17.1. The first-order valence-corrected chi connectivity index (χ1v) is 9.36. The lowest BCUT2D eigenvalue weighted by molar-refractivity contribution is -0.130. The summed E-state index contributed by atoms with van der Waals surface area (Å²) in [6.45, 7) is 3.81. The Hall–Kier alpha value is -2.83. The molecule has 0 atom stereocenters. The highest BCUT2D eigenvalue weighted by atomic mass is 16.5. The first kappa shape index (κ1) is 17.6. The van der Waals surface area contributed by atoms with E-state index in [2.05, 4.69) is 5.10 Å². The lowest BCUT2D eigenvalue weighted by atomic mass is 10.2. The van der Waals surface area contributed by atoms with Gasteiger partial charge in [-0.3, -0.25) is 9.59 Å². The summed E-state index contributed by atoms with van der Waals surface area (Å²) in [7, 11) is 1.64. The van der Waals surface area contributed by atoms with Crippen LogP contribution in [0.5, 0.6) is 5.75 Å². The Kier molecular flexibility index (Phi) is 4.59. The zero-order chi connectivity index (χ0) is 19.0. The molecule has 2 aliphatic rings. The monoisotopic (exact) mass is 368 g/mol. The van der Waals surface area contributed by atoms with Crippen LogP contribution in [-0.4, -0.2) is 64.7 Å². The van der Waals surface area contributed by atoms with E-state index in [1.54, 1.807) is 23.8 Å². The van der Waals surface area contributed by atoms with Crippen LogP contribution in [0.4, 0.5) is 0 Å². The molecule has 0 radical (unpaired) electrons.